The summed E-state index contributed by atoms with van der Waals surface area (Å²) in [6.07, 6.45) is 4.95. The maximum atomic E-state index is 5.86. The number of hydrogen-bond acceptors (Lipinski definition) is 3. The summed E-state index contributed by atoms with van der Waals surface area (Å²) in [5.74, 6) is 1.65. The van der Waals surface area contributed by atoms with Crippen molar-refractivity contribution in [3.05, 3.63) is 24.3 Å². The van der Waals surface area contributed by atoms with Gasteiger partial charge in [0.15, 0.2) is 17.6 Å². The van der Waals surface area contributed by atoms with Gasteiger partial charge in [-0.3, -0.25) is 0 Å². The Morgan fingerprint density at radius 1 is 1.05 bits per heavy atom. The summed E-state index contributed by atoms with van der Waals surface area (Å²) in [7, 11) is 6.73. The Bertz CT molecular complexity index is 442. The van der Waals surface area contributed by atoms with E-state index in [9.17, 15) is 0 Å². The standard InChI is InChI=1S/C18H30NO3/c1-19(2,3)12-8-4-5-9-13-20-14-16-15-21-17-10-6-7-11-18(17)22-16/h6-7,10-11,16H,4-5,8-9,12-15H2,1-3H3/q+1. The fourth-order valence-corrected chi connectivity index (χ4v) is 2.50. The van der Waals surface area contributed by atoms with Crippen LogP contribution in [-0.4, -0.2) is 58.1 Å². The van der Waals surface area contributed by atoms with Crippen molar-refractivity contribution in [3.63, 3.8) is 0 Å². The van der Waals surface area contributed by atoms with Crippen LogP contribution in [-0.2, 0) is 4.74 Å². The summed E-state index contributed by atoms with van der Waals surface area (Å²) in [4.78, 5) is 0. The molecule has 0 aliphatic carbocycles. The smallest absolute Gasteiger partial charge is 0.161 e. The first-order chi connectivity index (χ1) is 10.5. The SMILES string of the molecule is C[N+](C)(C)CCCCCCOCC1COc2ccccc2O1. The third kappa shape index (κ3) is 6.24. The molecule has 4 nitrogen and oxygen atoms in total. The van der Waals surface area contributed by atoms with Crippen LogP contribution in [0.5, 0.6) is 11.5 Å². The van der Waals surface area contributed by atoms with Gasteiger partial charge >= 0.3 is 0 Å². The predicted octanol–water partition coefficient (Wildman–Crippen LogP) is 3.11. The van der Waals surface area contributed by atoms with Crippen LogP contribution in [0.2, 0.25) is 0 Å². The van der Waals surface area contributed by atoms with Gasteiger partial charge in [-0.2, -0.15) is 0 Å². The quantitative estimate of drug-likeness (QED) is 0.518. The van der Waals surface area contributed by atoms with Gasteiger partial charge in [-0.15, -0.1) is 0 Å². The Labute approximate surface area is 134 Å². The number of fused-ring (bicyclic) bond motifs is 1. The van der Waals surface area contributed by atoms with Gasteiger partial charge in [-0.1, -0.05) is 18.6 Å². The molecule has 0 fully saturated rings. The number of para-hydroxylation sites is 2. The Morgan fingerprint density at radius 2 is 1.77 bits per heavy atom. The van der Waals surface area contributed by atoms with Gasteiger partial charge in [0, 0.05) is 6.61 Å². The molecule has 22 heavy (non-hydrogen) atoms. The lowest BCUT2D eigenvalue weighted by Gasteiger charge is -2.26. The first-order valence-corrected chi connectivity index (χ1v) is 8.31. The summed E-state index contributed by atoms with van der Waals surface area (Å²) < 4.78 is 18.3. The topological polar surface area (TPSA) is 27.7 Å². The van der Waals surface area contributed by atoms with E-state index in [1.807, 2.05) is 24.3 Å². The van der Waals surface area contributed by atoms with Crippen molar-refractivity contribution in [2.24, 2.45) is 0 Å². The molecule has 124 valence electrons. The van der Waals surface area contributed by atoms with Gasteiger partial charge in [-0.25, -0.2) is 0 Å². The van der Waals surface area contributed by atoms with Crippen molar-refractivity contribution in [2.75, 3.05) is 47.5 Å². The minimum Gasteiger partial charge on any atom is -0.486 e. The van der Waals surface area contributed by atoms with E-state index >= 15 is 0 Å². The average Bonchev–Trinajstić information content (AvgIpc) is 2.48. The molecule has 1 unspecified atom stereocenters. The lowest BCUT2D eigenvalue weighted by molar-refractivity contribution is -0.870. The summed E-state index contributed by atoms with van der Waals surface area (Å²) in [5, 5.41) is 0. The van der Waals surface area contributed by atoms with E-state index in [1.165, 1.54) is 25.8 Å². The van der Waals surface area contributed by atoms with Gasteiger partial charge in [0.1, 0.15) is 6.61 Å². The monoisotopic (exact) mass is 308 g/mol. The minimum absolute atomic E-state index is 0.00749. The third-order valence-corrected chi connectivity index (χ3v) is 3.74. The minimum atomic E-state index is 0.00749. The molecule has 1 aromatic rings. The van der Waals surface area contributed by atoms with Gasteiger partial charge in [-0.05, 0) is 31.4 Å². The molecular weight excluding hydrogens is 278 g/mol. The molecule has 2 rings (SSSR count). The number of unbranched alkanes of at least 4 members (excludes halogenated alkanes) is 3. The lowest BCUT2D eigenvalue weighted by Crippen LogP contribution is -2.35. The molecule has 0 radical (unpaired) electrons. The first kappa shape index (κ1) is 17.1. The molecule has 0 spiro atoms. The summed E-state index contributed by atoms with van der Waals surface area (Å²) in [5.41, 5.74) is 0. The molecule has 0 aromatic heterocycles. The second kappa shape index (κ2) is 8.39. The average molecular weight is 308 g/mol. The van der Waals surface area contributed by atoms with E-state index in [0.29, 0.717) is 13.2 Å². The summed E-state index contributed by atoms with van der Waals surface area (Å²) in [6.45, 7) is 3.23. The van der Waals surface area contributed by atoms with E-state index in [4.69, 9.17) is 14.2 Å². The lowest BCUT2D eigenvalue weighted by atomic mass is 10.2. The van der Waals surface area contributed by atoms with Crippen molar-refractivity contribution in [3.8, 4) is 11.5 Å². The zero-order valence-corrected chi connectivity index (χ0v) is 14.2. The van der Waals surface area contributed by atoms with Crippen LogP contribution < -0.4 is 9.47 Å². The van der Waals surface area contributed by atoms with Crippen LogP contribution >= 0.6 is 0 Å². The Balaban J connectivity index is 1.50. The largest absolute Gasteiger partial charge is 0.486 e. The summed E-state index contributed by atoms with van der Waals surface area (Å²) >= 11 is 0. The molecule has 0 amide bonds. The molecule has 1 aliphatic heterocycles. The molecule has 1 aromatic carbocycles. The molecular formula is C18H30NO3+. The van der Waals surface area contributed by atoms with E-state index in [2.05, 4.69) is 21.1 Å². The fraction of sp³-hybridized carbons (Fsp3) is 0.667. The van der Waals surface area contributed by atoms with Gasteiger partial charge in [0.2, 0.25) is 0 Å². The molecule has 0 N–H and O–H groups in total. The number of nitrogens with zero attached hydrogens (tertiary/aromatic N) is 1. The molecule has 1 aliphatic rings. The Kier molecular flexibility index (Phi) is 6.52. The molecule has 1 atom stereocenters. The normalized spacial score (nSPS) is 17.5. The third-order valence-electron chi connectivity index (χ3n) is 3.74. The van der Waals surface area contributed by atoms with Crippen LogP contribution in [0.3, 0.4) is 0 Å². The molecule has 1 heterocycles. The number of benzene rings is 1. The van der Waals surface area contributed by atoms with Crippen molar-refractivity contribution in [2.45, 2.75) is 31.8 Å². The number of quaternary nitrogens is 1. The molecule has 4 heteroatoms. The second-order valence-corrected chi connectivity index (χ2v) is 7.00. The second-order valence-electron chi connectivity index (χ2n) is 7.00. The van der Waals surface area contributed by atoms with Crippen LogP contribution in [0.1, 0.15) is 25.7 Å². The van der Waals surface area contributed by atoms with Crippen LogP contribution in [0.4, 0.5) is 0 Å². The summed E-state index contributed by atoms with van der Waals surface area (Å²) in [6, 6.07) is 7.79. The van der Waals surface area contributed by atoms with E-state index in [1.54, 1.807) is 0 Å². The molecule has 0 bridgehead atoms. The van der Waals surface area contributed by atoms with Crippen molar-refractivity contribution in [1.82, 2.24) is 0 Å². The van der Waals surface area contributed by atoms with E-state index < -0.39 is 0 Å². The maximum absolute atomic E-state index is 5.86. The predicted molar refractivity (Wildman–Crippen MR) is 88.5 cm³/mol. The highest BCUT2D eigenvalue weighted by atomic mass is 16.6. The van der Waals surface area contributed by atoms with Gasteiger partial charge in [0.25, 0.3) is 0 Å². The van der Waals surface area contributed by atoms with Gasteiger partial charge < -0.3 is 18.7 Å². The highest BCUT2D eigenvalue weighted by molar-refractivity contribution is 5.40. The number of hydrogen-bond donors (Lipinski definition) is 0. The first-order valence-electron chi connectivity index (χ1n) is 8.31. The Hall–Kier alpha value is -1.26. The van der Waals surface area contributed by atoms with E-state index in [0.717, 1.165) is 29.0 Å². The zero-order valence-electron chi connectivity index (χ0n) is 14.2. The fourth-order valence-electron chi connectivity index (χ4n) is 2.50. The van der Waals surface area contributed by atoms with Gasteiger partial charge in [0.05, 0.1) is 34.3 Å². The number of rotatable bonds is 9. The highest BCUT2D eigenvalue weighted by Crippen LogP contribution is 2.30. The Morgan fingerprint density at radius 3 is 2.55 bits per heavy atom. The van der Waals surface area contributed by atoms with Crippen LogP contribution in [0.15, 0.2) is 24.3 Å². The highest BCUT2D eigenvalue weighted by Gasteiger charge is 2.20. The zero-order chi connectivity index (χ0) is 15.8. The van der Waals surface area contributed by atoms with Crippen molar-refractivity contribution < 1.29 is 18.7 Å². The van der Waals surface area contributed by atoms with Crippen LogP contribution in [0.25, 0.3) is 0 Å². The van der Waals surface area contributed by atoms with Crippen LogP contribution in [0, 0.1) is 0 Å². The molecule has 0 saturated carbocycles. The number of ether oxygens (including phenoxy) is 3. The maximum Gasteiger partial charge on any atom is 0.161 e. The molecule has 0 saturated heterocycles. The van der Waals surface area contributed by atoms with Crippen molar-refractivity contribution >= 4 is 0 Å². The van der Waals surface area contributed by atoms with E-state index in [-0.39, 0.29) is 6.10 Å². The van der Waals surface area contributed by atoms with Crippen molar-refractivity contribution in [1.29, 1.82) is 0 Å².